The van der Waals surface area contributed by atoms with E-state index in [-0.39, 0.29) is 18.0 Å². The maximum Gasteiger partial charge on any atom is 0.253 e. The fourth-order valence-corrected chi connectivity index (χ4v) is 4.00. The summed E-state index contributed by atoms with van der Waals surface area (Å²) in [6.07, 6.45) is 3.34. The van der Waals surface area contributed by atoms with Crippen molar-refractivity contribution in [2.75, 3.05) is 39.5 Å². The number of amides is 1. The third-order valence-corrected chi connectivity index (χ3v) is 5.57. The first-order valence-electron chi connectivity index (χ1n) is 9.88. The van der Waals surface area contributed by atoms with Crippen LogP contribution in [0.25, 0.3) is 16.9 Å². The number of hydrogen-bond acceptors (Lipinski definition) is 6. The first-order valence-corrected chi connectivity index (χ1v) is 9.88. The van der Waals surface area contributed by atoms with Crippen LogP contribution in [0, 0.1) is 0 Å². The van der Waals surface area contributed by atoms with Crippen LogP contribution in [-0.4, -0.2) is 76.9 Å². The summed E-state index contributed by atoms with van der Waals surface area (Å²) in [6.45, 7) is 4.33. The molecular weight excluding hydrogens is 370 g/mol. The number of morpholine rings is 1. The number of hydrogen-bond donors (Lipinski definition) is 1. The number of benzene rings is 1. The van der Waals surface area contributed by atoms with Gasteiger partial charge in [0.1, 0.15) is 11.8 Å². The van der Waals surface area contributed by atoms with Gasteiger partial charge in [0, 0.05) is 25.0 Å². The van der Waals surface area contributed by atoms with Crippen molar-refractivity contribution in [1.82, 2.24) is 24.8 Å². The molecule has 2 saturated heterocycles. The molecule has 150 valence electrons. The summed E-state index contributed by atoms with van der Waals surface area (Å²) in [5.41, 5.74) is 2.90. The SMILES string of the molecule is O=C(N[C@H]1COC[C@@H]1N1CCOCC1)c1cnc2c(c1)ncn2-c1ccccc1. The van der Waals surface area contributed by atoms with E-state index in [1.807, 2.05) is 34.9 Å². The molecule has 0 saturated carbocycles. The van der Waals surface area contributed by atoms with Gasteiger partial charge in [0.2, 0.25) is 0 Å². The maximum atomic E-state index is 12.9. The maximum absolute atomic E-state index is 12.9. The predicted octanol–water partition coefficient (Wildman–Crippen LogP) is 1.25. The molecule has 0 unspecified atom stereocenters. The van der Waals surface area contributed by atoms with E-state index in [4.69, 9.17) is 9.47 Å². The van der Waals surface area contributed by atoms with Gasteiger partial charge in [-0.25, -0.2) is 9.97 Å². The Hall–Kier alpha value is -2.81. The number of fused-ring (bicyclic) bond motifs is 1. The Bertz CT molecular complexity index is 1000. The molecule has 29 heavy (non-hydrogen) atoms. The van der Waals surface area contributed by atoms with Gasteiger partial charge in [-0.15, -0.1) is 0 Å². The highest BCUT2D eigenvalue weighted by atomic mass is 16.5. The molecule has 1 amide bonds. The molecule has 3 aromatic rings. The van der Waals surface area contributed by atoms with E-state index in [1.165, 1.54) is 0 Å². The molecule has 0 spiro atoms. The van der Waals surface area contributed by atoms with Crippen LogP contribution in [0.15, 0.2) is 48.9 Å². The quantitative estimate of drug-likeness (QED) is 0.719. The number of pyridine rings is 1. The second-order valence-electron chi connectivity index (χ2n) is 7.35. The highest BCUT2D eigenvalue weighted by Crippen LogP contribution is 2.19. The topological polar surface area (TPSA) is 81.5 Å². The zero-order valence-corrected chi connectivity index (χ0v) is 16.0. The van der Waals surface area contributed by atoms with Crippen LogP contribution in [0.5, 0.6) is 0 Å². The zero-order valence-electron chi connectivity index (χ0n) is 16.0. The van der Waals surface area contributed by atoms with Crippen LogP contribution in [0.4, 0.5) is 0 Å². The average molecular weight is 393 g/mol. The Morgan fingerprint density at radius 2 is 1.90 bits per heavy atom. The summed E-state index contributed by atoms with van der Waals surface area (Å²) in [7, 11) is 0. The summed E-state index contributed by atoms with van der Waals surface area (Å²) in [6, 6.07) is 11.8. The minimum Gasteiger partial charge on any atom is -0.379 e. The van der Waals surface area contributed by atoms with E-state index < -0.39 is 0 Å². The normalized spacial score (nSPS) is 22.8. The third kappa shape index (κ3) is 3.62. The Morgan fingerprint density at radius 3 is 2.72 bits per heavy atom. The van der Waals surface area contributed by atoms with Crippen LogP contribution in [0.3, 0.4) is 0 Å². The molecule has 2 aliphatic rings. The number of para-hydroxylation sites is 1. The summed E-state index contributed by atoms with van der Waals surface area (Å²) in [5, 5.41) is 3.12. The van der Waals surface area contributed by atoms with Crippen molar-refractivity contribution in [3.05, 3.63) is 54.5 Å². The second-order valence-corrected chi connectivity index (χ2v) is 7.35. The van der Waals surface area contributed by atoms with E-state index in [2.05, 4.69) is 20.2 Å². The van der Waals surface area contributed by atoms with Crippen molar-refractivity contribution >= 4 is 17.1 Å². The summed E-state index contributed by atoms with van der Waals surface area (Å²) >= 11 is 0. The van der Waals surface area contributed by atoms with Crippen LogP contribution in [-0.2, 0) is 9.47 Å². The van der Waals surface area contributed by atoms with Crippen molar-refractivity contribution in [1.29, 1.82) is 0 Å². The molecule has 0 bridgehead atoms. The molecule has 4 heterocycles. The average Bonchev–Trinajstić information content (AvgIpc) is 3.41. The number of carbonyl (C=O) groups excluding carboxylic acids is 1. The highest BCUT2D eigenvalue weighted by molar-refractivity contribution is 5.96. The first kappa shape index (κ1) is 18.2. The molecule has 0 radical (unpaired) electrons. The Morgan fingerprint density at radius 1 is 1.07 bits per heavy atom. The van der Waals surface area contributed by atoms with Crippen LogP contribution in [0.1, 0.15) is 10.4 Å². The molecule has 2 aliphatic heterocycles. The van der Waals surface area contributed by atoms with Crippen LogP contribution < -0.4 is 5.32 Å². The van der Waals surface area contributed by atoms with Crippen molar-refractivity contribution in [2.45, 2.75) is 12.1 Å². The fourth-order valence-electron chi connectivity index (χ4n) is 4.00. The number of carbonyl (C=O) groups is 1. The van der Waals surface area contributed by atoms with Gasteiger partial charge in [-0.3, -0.25) is 14.3 Å². The lowest BCUT2D eigenvalue weighted by atomic mass is 10.1. The Balaban J connectivity index is 1.33. The first-order chi connectivity index (χ1) is 14.3. The van der Waals surface area contributed by atoms with Crippen LogP contribution >= 0.6 is 0 Å². The molecule has 8 heteroatoms. The van der Waals surface area contributed by atoms with Crippen molar-refractivity contribution in [3.63, 3.8) is 0 Å². The Kier molecular flexibility index (Phi) is 4.97. The number of nitrogens with zero attached hydrogens (tertiary/aromatic N) is 4. The van der Waals surface area contributed by atoms with Crippen molar-refractivity contribution < 1.29 is 14.3 Å². The van der Waals surface area contributed by atoms with E-state index in [9.17, 15) is 4.79 Å². The molecule has 5 rings (SSSR count). The molecular formula is C21H23N5O3. The summed E-state index contributed by atoms with van der Waals surface area (Å²) in [4.78, 5) is 24.1. The smallest absolute Gasteiger partial charge is 0.253 e. The van der Waals surface area contributed by atoms with E-state index in [0.717, 1.165) is 37.6 Å². The van der Waals surface area contributed by atoms with Gasteiger partial charge in [-0.1, -0.05) is 18.2 Å². The number of ether oxygens (including phenoxy) is 2. The number of nitrogens with one attached hydrogen (secondary N) is 1. The van der Waals surface area contributed by atoms with Gasteiger partial charge in [0.05, 0.1) is 44.1 Å². The number of imidazole rings is 1. The van der Waals surface area contributed by atoms with Gasteiger partial charge in [0.25, 0.3) is 5.91 Å². The van der Waals surface area contributed by atoms with Gasteiger partial charge >= 0.3 is 0 Å². The monoisotopic (exact) mass is 393 g/mol. The van der Waals surface area contributed by atoms with E-state index >= 15 is 0 Å². The minimum atomic E-state index is -0.151. The van der Waals surface area contributed by atoms with Gasteiger partial charge in [0.15, 0.2) is 5.65 Å². The summed E-state index contributed by atoms with van der Waals surface area (Å²) < 4.78 is 13.0. The van der Waals surface area contributed by atoms with E-state index in [1.54, 1.807) is 18.6 Å². The largest absolute Gasteiger partial charge is 0.379 e. The standard InChI is InChI=1S/C21H23N5O3/c27-21(24-18-12-29-13-19(18)25-6-8-28-9-7-25)15-10-17-20(22-11-15)26(14-23-17)16-4-2-1-3-5-16/h1-5,10-11,14,18-19H,6-9,12-13H2,(H,24,27)/t18-,19-/m0/s1. The Labute approximate surface area is 168 Å². The van der Waals surface area contributed by atoms with Gasteiger partial charge in [-0.05, 0) is 18.2 Å². The highest BCUT2D eigenvalue weighted by Gasteiger charge is 2.35. The predicted molar refractivity (Wildman–Crippen MR) is 107 cm³/mol. The lowest BCUT2D eigenvalue weighted by molar-refractivity contribution is 0.0108. The zero-order chi connectivity index (χ0) is 19.6. The molecule has 0 aliphatic carbocycles. The molecule has 1 N–H and O–H groups in total. The molecule has 2 aromatic heterocycles. The minimum absolute atomic E-state index is 0.0434. The fraction of sp³-hybridized carbons (Fsp3) is 0.381. The number of aromatic nitrogens is 3. The molecule has 8 nitrogen and oxygen atoms in total. The summed E-state index contributed by atoms with van der Waals surface area (Å²) in [5.74, 6) is -0.151. The molecule has 2 fully saturated rings. The third-order valence-electron chi connectivity index (χ3n) is 5.57. The van der Waals surface area contributed by atoms with Crippen molar-refractivity contribution in [2.24, 2.45) is 0 Å². The van der Waals surface area contributed by atoms with Crippen LogP contribution in [0.2, 0.25) is 0 Å². The van der Waals surface area contributed by atoms with Crippen molar-refractivity contribution in [3.8, 4) is 5.69 Å². The lowest BCUT2D eigenvalue weighted by Gasteiger charge is -2.34. The molecule has 1 aromatic carbocycles. The lowest BCUT2D eigenvalue weighted by Crippen LogP contribution is -2.54. The van der Waals surface area contributed by atoms with Gasteiger partial charge in [-0.2, -0.15) is 0 Å². The molecule has 2 atom stereocenters. The van der Waals surface area contributed by atoms with Gasteiger partial charge < -0.3 is 14.8 Å². The number of rotatable bonds is 4. The van der Waals surface area contributed by atoms with E-state index in [0.29, 0.717) is 24.3 Å². The second kappa shape index (κ2) is 7.90.